The van der Waals surface area contributed by atoms with Crippen LogP contribution in [0, 0.1) is 10.8 Å². The van der Waals surface area contributed by atoms with Crippen molar-refractivity contribution in [2.24, 2.45) is 21.0 Å². The third-order valence-electron chi connectivity index (χ3n) is 8.54. The fourth-order valence-electron chi connectivity index (χ4n) is 6.07. The van der Waals surface area contributed by atoms with Gasteiger partial charge >= 0.3 is 6.03 Å². The van der Waals surface area contributed by atoms with Gasteiger partial charge in [-0.2, -0.15) is 10.2 Å². The molecular formula is C37H52N6O. The van der Waals surface area contributed by atoms with Crippen LogP contribution in [0.25, 0.3) is 12.2 Å². The Morgan fingerprint density at radius 2 is 1.00 bits per heavy atom. The molecule has 0 unspecified atom stereocenters. The minimum atomic E-state index is -0.455. The molecule has 0 atom stereocenters. The quantitative estimate of drug-likeness (QED) is 0.198. The average Bonchev–Trinajstić information content (AvgIpc) is 3.02. The highest BCUT2D eigenvalue weighted by Crippen LogP contribution is 2.25. The summed E-state index contributed by atoms with van der Waals surface area (Å²) in [5.74, 6) is 0. The summed E-state index contributed by atoms with van der Waals surface area (Å²) in [6, 6.07) is 19.9. The van der Waals surface area contributed by atoms with Gasteiger partial charge in [-0.3, -0.25) is 0 Å². The van der Waals surface area contributed by atoms with E-state index >= 15 is 0 Å². The number of nitrogens with one attached hydrogen (secondary N) is 2. The maximum absolute atomic E-state index is 13.1. The third-order valence-corrected chi connectivity index (χ3v) is 8.54. The van der Waals surface area contributed by atoms with E-state index in [9.17, 15) is 4.79 Å². The van der Waals surface area contributed by atoms with Crippen LogP contribution < -0.4 is 10.9 Å². The molecule has 2 aromatic carbocycles. The molecule has 0 aliphatic carbocycles. The summed E-state index contributed by atoms with van der Waals surface area (Å²) in [5, 5.41) is 9.30. The molecule has 2 aliphatic rings. The molecule has 2 N–H and O–H groups in total. The molecule has 2 heterocycles. The van der Waals surface area contributed by atoms with Crippen LogP contribution in [0.2, 0.25) is 0 Å². The van der Waals surface area contributed by atoms with Gasteiger partial charge in [-0.05, 0) is 75.1 Å². The molecule has 0 radical (unpaired) electrons. The Morgan fingerprint density at radius 1 is 0.636 bits per heavy atom. The number of piperidine rings is 2. The topological polar surface area (TPSA) is 72.3 Å². The third kappa shape index (κ3) is 10.9. The first kappa shape index (κ1) is 33.3. The van der Waals surface area contributed by atoms with Gasteiger partial charge in [0.2, 0.25) is 0 Å². The molecule has 2 fully saturated rings. The van der Waals surface area contributed by atoms with E-state index in [0.29, 0.717) is 0 Å². The fraction of sp³-hybridized carbons (Fsp3) is 0.486. The second-order valence-corrected chi connectivity index (χ2v) is 13.5. The first-order valence-corrected chi connectivity index (χ1v) is 16.3. The van der Waals surface area contributed by atoms with Crippen LogP contribution in [0.5, 0.6) is 0 Å². The number of carbonyl (C=O) groups is 1. The maximum Gasteiger partial charge on any atom is 0.355 e. The number of nitrogens with zero attached hydrogens (tertiary/aromatic N) is 4. The maximum atomic E-state index is 13.1. The van der Waals surface area contributed by atoms with E-state index in [-0.39, 0.29) is 10.8 Å². The number of likely N-dealkylation sites (tertiary alicyclic amines) is 2. The Morgan fingerprint density at radius 3 is 1.36 bits per heavy atom. The summed E-state index contributed by atoms with van der Waals surface area (Å²) in [4.78, 5) is 18.1. The van der Waals surface area contributed by atoms with Crippen LogP contribution >= 0.6 is 0 Å². The van der Waals surface area contributed by atoms with Crippen molar-refractivity contribution in [2.75, 3.05) is 39.3 Å². The molecule has 4 rings (SSSR count). The summed E-state index contributed by atoms with van der Waals surface area (Å²) in [5.41, 5.74) is 8.80. The normalized spacial score (nSPS) is 18.2. The molecule has 7 nitrogen and oxygen atoms in total. The number of rotatable bonds is 12. The Balaban J connectivity index is 1.51. The Hall–Kier alpha value is -3.55. The van der Waals surface area contributed by atoms with Gasteiger partial charge in [0.1, 0.15) is 0 Å². The molecule has 2 aromatic rings. The fourth-order valence-corrected chi connectivity index (χ4v) is 6.07. The van der Waals surface area contributed by atoms with Crippen molar-refractivity contribution in [1.29, 1.82) is 0 Å². The molecule has 2 saturated heterocycles. The van der Waals surface area contributed by atoms with Gasteiger partial charge in [-0.1, -0.05) is 113 Å². The molecule has 0 spiro atoms. The van der Waals surface area contributed by atoms with Crippen molar-refractivity contribution in [3.63, 3.8) is 0 Å². The van der Waals surface area contributed by atoms with Gasteiger partial charge in [0, 0.05) is 23.9 Å². The molecule has 2 aliphatic heterocycles. The highest BCUT2D eigenvalue weighted by atomic mass is 16.2. The summed E-state index contributed by atoms with van der Waals surface area (Å²) < 4.78 is 0. The van der Waals surface area contributed by atoms with Crippen molar-refractivity contribution in [1.82, 2.24) is 20.7 Å². The van der Waals surface area contributed by atoms with E-state index < -0.39 is 6.03 Å². The molecule has 0 saturated carbocycles. The van der Waals surface area contributed by atoms with Crippen LogP contribution in [-0.4, -0.2) is 66.5 Å². The number of benzene rings is 2. The largest absolute Gasteiger partial charge is 0.355 e. The van der Waals surface area contributed by atoms with Crippen molar-refractivity contribution in [2.45, 2.75) is 66.2 Å². The number of hydrazone groups is 2. The minimum Gasteiger partial charge on any atom is -0.302 e. The summed E-state index contributed by atoms with van der Waals surface area (Å²) in [6.45, 7) is 15.0. The van der Waals surface area contributed by atoms with Gasteiger partial charge in [0.05, 0.1) is 11.4 Å². The van der Waals surface area contributed by atoms with Crippen molar-refractivity contribution in [3.8, 4) is 0 Å². The SMILES string of the molecule is CC(C)(CN1CCCCC1)C(/C=C/c1ccccc1)=N\NC(=O)N/N=C(\C=C\c1ccccc1)C(C)(C)CN1CCCCC1. The van der Waals surface area contributed by atoms with Crippen molar-refractivity contribution >= 4 is 29.6 Å². The Bertz CT molecular complexity index is 1180. The number of allylic oxidation sites excluding steroid dienone is 2. The number of urea groups is 1. The summed E-state index contributed by atoms with van der Waals surface area (Å²) in [6.07, 6.45) is 15.7. The average molecular weight is 597 g/mol. The van der Waals surface area contributed by atoms with Crippen LogP contribution in [0.1, 0.15) is 77.3 Å². The number of hydrogen-bond acceptors (Lipinski definition) is 5. The van der Waals surface area contributed by atoms with E-state index in [0.717, 1.165) is 61.8 Å². The summed E-state index contributed by atoms with van der Waals surface area (Å²) >= 11 is 0. The lowest BCUT2D eigenvalue weighted by Crippen LogP contribution is -2.43. The van der Waals surface area contributed by atoms with Crippen molar-refractivity contribution < 1.29 is 4.79 Å². The number of carbonyl (C=O) groups excluding carboxylic acids is 1. The lowest BCUT2D eigenvalue weighted by atomic mass is 9.85. The van der Waals surface area contributed by atoms with Crippen LogP contribution in [0.15, 0.2) is 83.0 Å². The highest BCUT2D eigenvalue weighted by Gasteiger charge is 2.29. The second-order valence-electron chi connectivity index (χ2n) is 13.5. The molecule has 2 amide bonds. The zero-order valence-electron chi connectivity index (χ0n) is 27.3. The zero-order chi connectivity index (χ0) is 31.3. The summed E-state index contributed by atoms with van der Waals surface area (Å²) in [7, 11) is 0. The molecule has 236 valence electrons. The van der Waals surface area contributed by atoms with Crippen molar-refractivity contribution in [3.05, 3.63) is 83.9 Å². The Kier molecular flexibility index (Phi) is 12.5. The number of hydrogen-bond donors (Lipinski definition) is 2. The predicted molar refractivity (Wildman–Crippen MR) is 186 cm³/mol. The van der Waals surface area contributed by atoms with E-state index in [1.54, 1.807) is 0 Å². The van der Waals surface area contributed by atoms with Crippen LogP contribution in [-0.2, 0) is 0 Å². The monoisotopic (exact) mass is 596 g/mol. The first-order valence-electron chi connectivity index (χ1n) is 16.3. The van der Waals surface area contributed by atoms with E-state index in [1.807, 2.05) is 48.6 Å². The smallest absolute Gasteiger partial charge is 0.302 e. The second kappa shape index (κ2) is 16.5. The predicted octanol–water partition coefficient (Wildman–Crippen LogP) is 7.45. The van der Waals surface area contributed by atoms with Gasteiger partial charge in [0.15, 0.2) is 0 Å². The lowest BCUT2D eigenvalue weighted by molar-refractivity contribution is 0.186. The van der Waals surface area contributed by atoms with E-state index in [4.69, 9.17) is 0 Å². The zero-order valence-corrected chi connectivity index (χ0v) is 27.3. The standard InChI is InChI=1S/C37H52N6O/c1-36(2,29-42-25-13-7-14-26-42)33(23-21-31-17-9-5-10-18-31)38-40-35(44)41-39-34(24-22-32-19-11-6-12-20-32)37(3,4)30-43-27-15-8-16-28-43/h5-6,9-12,17-24H,7-8,13-16,25-30H2,1-4H3,(H2,40,41,44)/b23-21+,24-22+,38-33-,39-34+. The molecule has 0 aromatic heterocycles. The lowest BCUT2D eigenvalue weighted by Gasteiger charge is -2.35. The van der Waals surface area contributed by atoms with Gasteiger partial charge < -0.3 is 9.80 Å². The van der Waals surface area contributed by atoms with Gasteiger partial charge in [-0.15, -0.1) is 0 Å². The van der Waals surface area contributed by atoms with E-state index in [2.05, 4.69) is 95.0 Å². The highest BCUT2D eigenvalue weighted by molar-refractivity contribution is 6.03. The number of amides is 2. The van der Waals surface area contributed by atoms with E-state index in [1.165, 1.54) is 38.5 Å². The van der Waals surface area contributed by atoms with Crippen LogP contribution in [0.4, 0.5) is 4.79 Å². The minimum absolute atomic E-state index is 0.265. The molecule has 7 heteroatoms. The molecular weight excluding hydrogens is 544 g/mol. The van der Waals surface area contributed by atoms with Gasteiger partial charge in [-0.25, -0.2) is 15.6 Å². The Labute approximate surface area is 265 Å². The van der Waals surface area contributed by atoms with Crippen LogP contribution in [0.3, 0.4) is 0 Å². The van der Waals surface area contributed by atoms with Gasteiger partial charge in [0.25, 0.3) is 0 Å². The first-order chi connectivity index (χ1) is 21.2. The molecule has 44 heavy (non-hydrogen) atoms. The molecule has 0 bridgehead atoms.